The van der Waals surface area contributed by atoms with Crippen LogP contribution in [0.2, 0.25) is 0 Å². The third-order valence-electron chi connectivity index (χ3n) is 2.75. The van der Waals surface area contributed by atoms with Gasteiger partial charge in [-0.05, 0) is 25.7 Å². The molecule has 0 saturated carbocycles. The van der Waals surface area contributed by atoms with Crippen LogP contribution in [0.25, 0.3) is 0 Å². The summed E-state index contributed by atoms with van der Waals surface area (Å²) in [7, 11) is 0. The van der Waals surface area contributed by atoms with Crippen molar-refractivity contribution in [2.24, 2.45) is 0 Å². The maximum Gasteiger partial charge on any atom is 0.347 e. The first kappa shape index (κ1) is 15.9. The van der Waals surface area contributed by atoms with Gasteiger partial charge in [-0.3, -0.25) is 4.79 Å². The van der Waals surface area contributed by atoms with Crippen LogP contribution in [-0.2, 0) is 19.1 Å². The number of hydrogen-bond donors (Lipinski definition) is 0. The van der Waals surface area contributed by atoms with Crippen molar-refractivity contribution < 1.29 is 19.1 Å². The molecular formula is C13H24O4. The predicted molar refractivity (Wildman–Crippen MR) is 65.5 cm³/mol. The molecule has 0 aromatic heterocycles. The quantitative estimate of drug-likeness (QED) is 0.337. The molecule has 1 atom stereocenters. The van der Waals surface area contributed by atoms with Crippen molar-refractivity contribution in [1.29, 1.82) is 0 Å². The summed E-state index contributed by atoms with van der Waals surface area (Å²) in [6.07, 6.45) is 4.26. The molecule has 0 rings (SSSR count). The number of carbonyl (C=O) groups excluding carboxylic acids is 2. The Balaban J connectivity index is 4.17. The van der Waals surface area contributed by atoms with E-state index in [1.54, 1.807) is 0 Å². The van der Waals surface area contributed by atoms with Gasteiger partial charge >= 0.3 is 5.97 Å². The summed E-state index contributed by atoms with van der Waals surface area (Å²) in [6, 6.07) is 0. The fourth-order valence-electron chi connectivity index (χ4n) is 1.58. The molecule has 0 aliphatic rings. The van der Waals surface area contributed by atoms with Gasteiger partial charge in [-0.2, -0.15) is 0 Å². The summed E-state index contributed by atoms with van der Waals surface area (Å²) < 4.78 is 10.1. The summed E-state index contributed by atoms with van der Waals surface area (Å²) in [4.78, 5) is 22.1. The SMILES string of the molecule is CCCCCC(OC=O)C(=O)OC(CC)CC. The average Bonchev–Trinajstić information content (AvgIpc) is 2.34. The second kappa shape index (κ2) is 10.1. The van der Waals surface area contributed by atoms with Crippen molar-refractivity contribution in [3.63, 3.8) is 0 Å². The third kappa shape index (κ3) is 6.97. The number of unbranched alkanes of at least 4 members (excludes halogenated alkanes) is 2. The Hall–Kier alpha value is -1.06. The molecule has 0 aliphatic heterocycles. The largest absolute Gasteiger partial charge is 0.460 e. The first-order chi connectivity index (χ1) is 8.19. The topological polar surface area (TPSA) is 52.6 Å². The molecule has 0 aromatic carbocycles. The molecule has 100 valence electrons. The van der Waals surface area contributed by atoms with E-state index in [2.05, 4.69) is 6.92 Å². The van der Waals surface area contributed by atoms with Crippen molar-refractivity contribution in [2.45, 2.75) is 71.5 Å². The summed E-state index contributed by atoms with van der Waals surface area (Å²) in [5.74, 6) is -0.415. The Kier molecular flexibility index (Phi) is 9.49. The highest BCUT2D eigenvalue weighted by Crippen LogP contribution is 2.11. The van der Waals surface area contributed by atoms with Gasteiger partial charge in [0.15, 0.2) is 6.10 Å². The molecule has 0 heterocycles. The number of ether oxygens (including phenoxy) is 2. The lowest BCUT2D eigenvalue weighted by Gasteiger charge is -2.18. The molecule has 0 fully saturated rings. The van der Waals surface area contributed by atoms with E-state index >= 15 is 0 Å². The number of carbonyl (C=O) groups is 2. The molecule has 0 bridgehead atoms. The molecule has 0 N–H and O–H groups in total. The van der Waals surface area contributed by atoms with Crippen molar-refractivity contribution in [1.82, 2.24) is 0 Å². The molecule has 4 nitrogen and oxygen atoms in total. The van der Waals surface area contributed by atoms with Crippen molar-refractivity contribution in [3.8, 4) is 0 Å². The fourth-order valence-corrected chi connectivity index (χ4v) is 1.58. The molecule has 0 aromatic rings. The minimum Gasteiger partial charge on any atom is -0.460 e. The first-order valence-corrected chi connectivity index (χ1v) is 6.49. The van der Waals surface area contributed by atoms with Crippen molar-refractivity contribution >= 4 is 12.4 Å². The van der Waals surface area contributed by atoms with E-state index < -0.39 is 12.1 Å². The van der Waals surface area contributed by atoms with Gasteiger partial charge in [-0.25, -0.2) is 4.79 Å². The maximum atomic E-state index is 11.7. The van der Waals surface area contributed by atoms with Crippen LogP contribution in [0.15, 0.2) is 0 Å². The second-order valence-corrected chi connectivity index (χ2v) is 4.09. The van der Waals surface area contributed by atoms with Crippen molar-refractivity contribution in [3.05, 3.63) is 0 Å². The van der Waals surface area contributed by atoms with Gasteiger partial charge in [-0.15, -0.1) is 0 Å². The zero-order valence-electron chi connectivity index (χ0n) is 11.1. The van der Waals surface area contributed by atoms with Gasteiger partial charge in [0, 0.05) is 0 Å². The first-order valence-electron chi connectivity index (χ1n) is 6.49. The standard InChI is InChI=1S/C13H24O4/c1-4-7-8-9-12(16-10-14)13(15)17-11(5-2)6-3/h10-12H,4-9H2,1-3H3. The number of esters is 1. The monoisotopic (exact) mass is 244 g/mol. The summed E-state index contributed by atoms with van der Waals surface area (Å²) >= 11 is 0. The van der Waals surface area contributed by atoms with Crippen LogP contribution in [-0.4, -0.2) is 24.6 Å². The molecular weight excluding hydrogens is 220 g/mol. The highest BCUT2D eigenvalue weighted by atomic mass is 16.6. The van der Waals surface area contributed by atoms with E-state index in [1.807, 2.05) is 13.8 Å². The minimum absolute atomic E-state index is 0.0774. The minimum atomic E-state index is -0.736. The van der Waals surface area contributed by atoms with Crippen LogP contribution >= 0.6 is 0 Å². The molecule has 0 spiro atoms. The van der Waals surface area contributed by atoms with Gasteiger partial charge in [0.05, 0.1) is 0 Å². The maximum absolute atomic E-state index is 11.7. The lowest BCUT2D eigenvalue weighted by molar-refractivity contribution is -0.166. The molecule has 4 heteroatoms. The lowest BCUT2D eigenvalue weighted by atomic mass is 10.1. The molecule has 0 amide bonds. The Labute approximate surface area is 104 Å². The normalized spacial score (nSPS) is 12.2. The van der Waals surface area contributed by atoms with Gasteiger partial charge in [0.2, 0.25) is 0 Å². The number of rotatable bonds is 10. The van der Waals surface area contributed by atoms with Gasteiger partial charge in [-0.1, -0.05) is 33.6 Å². The molecule has 1 unspecified atom stereocenters. The van der Waals surface area contributed by atoms with Crippen LogP contribution < -0.4 is 0 Å². The smallest absolute Gasteiger partial charge is 0.347 e. The Morgan fingerprint density at radius 2 is 1.82 bits per heavy atom. The highest BCUT2D eigenvalue weighted by molar-refractivity contribution is 5.76. The third-order valence-corrected chi connectivity index (χ3v) is 2.75. The second-order valence-electron chi connectivity index (χ2n) is 4.09. The van der Waals surface area contributed by atoms with Gasteiger partial charge in [0.1, 0.15) is 6.10 Å². The average molecular weight is 244 g/mol. The lowest BCUT2D eigenvalue weighted by Crippen LogP contribution is -2.30. The Bertz CT molecular complexity index is 211. The van der Waals surface area contributed by atoms with E-state index in [4.69, 9.17) is 9.47 Å². The van der Waals surface area contributed by atoms with E-state index in [9.17, 15) is 9.59 Å². The van der Waals surface area contributed by atoms with Crippen molar-refractivity contribution in [2.75, 3.05) is 0 Å². The fraction of sp³-hybridized carbons (Fsp3) is 0.846. The summed E-state index contributed by atoms with van der Waals surface area (Å²) in [5.41, 5.74) is 0. The summed E-state index contributed by atoms with van der Waals surface area (Å²) in [5, 5.41) is 0. The molecule has 0 aliphatic carbocycles. The van der Waals surface area contributed by atoms with Crippen LogP contribution in [0.1, 0.15) is 59.3 Å². The van der Waals surface area contributed by atoms with Crippen LogP contribution in [0, 0.1) is 0 Å². The van der Waals surface area contributed by atoms with Crippen LogP contribution in [0.3, 0.4) is 0 Å². The van der Waals surface area contributed by atoms with E-state index in [1.165, 1.54) is 0 Å². The highest BCUT2D eigenvalue weighted by Gasteiger charge is 2.23. The zero-order chi connectivity index (χ0) is 13.1. The zero-order valence-corrected chi connectivity index (χ0v) is 11.1. The Morgan fingerprint density at radius 1 is 1.18 bits per heavy atom. The van der Waals surface area contributed by atoms with Gasteiger partial charge in [0.25, 0.3) is 6.47 Å². The van der Waals surface area contributed by atoms with Crippen LogP contribution in [0.4, 0.5) is 0 Å². The van der Waals surface area contributed by atoms with E-state index in [-0.39, 0.29) is 6.10 Å². The Morgan fingerprint density at radius 3 is 2.29 bits per heavy atom. The molecule has 17 heavy (non-hydrogen) atoms. The van der Waals surface area contributed by atoms with Gasteiger partial charge < -0.3 is 9.47 Å². The predicted octanol–water partition coefficient (Wildman–Crippen LogP) is 2.84. The van der Waals surface area contributed by atoms with E-state index in [0.717, 1.165) is 32.1 Å². The van der Waals surface area contributed by atoms with Crippen LogP contribution in [0.5, 0.6) is 0 Å². The number of hydrogen-bond acceptors (Lipinski definition) is 4. The molecule has 0 saturated heterocycles. The summed E-state index contributed by atoms with van der Waals surface area (Å²) in [6.45, 7) is 6.34. The molecule has 0 radical (unpaired) electrons. The van der Waals surface area contributed by atoms with E-state index in [0.29, 0.717) is 12.9 Å².